The molecular formula is C27H29NO6S. The van der Waals surface area contributed by atoms with Crippen LogP contribution in [0.5, 0.6) is 0 Å². The smallest absolute Gasteiger partial charge is 0.337 e. The molecule has 1 aromatic heterocycles. The fourth-order valence-electron chi connectivity index (χ4n) is 4.71. The Hall–Kier alpha value is -3.23. The van der Waals surface area contributed by atoms with Gasteiger partial charge in [0.15, 0.2) is 5.78 Å². The minimum absolute atomic E-state index is 0.00584. The van der Waals surface area contributed by atoms with E-state index in [1.54, 1.807) is 35.6 Å². The van der Waals surface area contributed by atoms with Crippen LogP contribution in [0.3, 0.4) is 0 Å². The molecule has 1 aliphatic carbocycles. The molecule has 4 rings (SSSR count). The van der Waals surface area contributed by atoms with Crippen LogP contribution in [0.25, 0.3) is 0 Å². The minimum Gasteiger partial charge on any atom is -0.465 e. The van der Waals surface area contributed by atoms with E-state index in [9.17, 15) is 14.4 Å². The summed E-state index contributed by atoms with van der Waals surface area (Å²) in [6, 6.07) is 10.9. The van der Waals surface area contributed by atoms with E-state index in [2.05, 4.69) is 11.4 Å². The highest BCUT2D eigenvalue weighted by molar-refractivity contribution is 7.10. The summed E-state index contributed by atoms with van der Waals surface area (Å²) in [4.78, 5) is 39.9. The van der Waals surface area contributed by atoms with Gasteiger partial charge in [0.25, 0.3) is 0 Å². The lowest BCUT2D eigenvalue weighted by atomic mass is 9.72. The summed E-state index contributed by atoms with van der Waals surface area (Å²) in [6.07, 6.45) is 1.06. The number of dihydropyridines is 1. The quantitative estimate of drug-likeness (QED) is 0.427. The van der Waals surface area contributed by atoms with Crippen molar-refractivity contribution in [2.75, 3.05) is 26.9 Å². The van der Waals surface area contributed by atoms with Gasteiger partial charge in [0, 0.05) is 46.7 Å². The van der Waals surface area contributed by atoms with Gasteiger partial charge >= 0.3 is 11.9 Å². The number of thiophene rings is 1. The molecular weight excluding hydrogens is 466 g/mol. The number of methoxy groups -OCH3 is 1. The molecule has 2 aliphatic rings. The number of Topliss-reactive ketones (excluding diaryl/α,β-unsaturated/α-hetero) is 1. The summed E-state index contributed by atoms with van der Waals surface area (Å²) in [7, 11) is 1.33. The molecule has 0 unspecified atom stereocenters. The third-order valence-corrected chi connectivity index (χ3v) is 7.36. The highest BCUT2D eigenvalue weighted by Crippen LogP contribution is 2.46. The van der Waals surface area contributed by atoms with Gasteiger partial charge in [-0.05, 0) is 49.4 Å². The first kappa shape index (κ1) is 24.9. The first-order chi connectivity index (χ1) is 16.9. The van der Waals surface area contributed by atoms with Gasteiger partial charge in [0.2, 0.25) is 0 Å². The van der Waals surface area contributed by atoms with Crippen LogP contribution in [0.2, 0.25) is 0 Å². The van der Waals surface area contributed by atoms with E-state index in [-0.39, 0.29) is 18.3 Å². The second-order valence-electron chi connectivity index (χ2n) is 8.48. The molecule has 0 saturated carbocycles. The third-order valence-electron chi connectivity index (χ3n) is 6.32. The highest BCUT2D eigenvalue weighted by Gasteiger charge is 2.41. The number of carbonyl (C=O) groups excluding carboxylic acids is 3. The molecule has 0 amide bonds. The fourth-order valence-corrected chi connectivity index (χ4v) is 5.54. The molecule has 1 aromatic carbocycles. The van der Waals surface area contributed by atoms with E-state index in [1.807, 2.05) is 25.3 Å². The zero-order valence-corrected chi connectivity index (χ0v) is 20.9. The molecule has 2 atom stereocenters. The van der Waals surface area contributed by atoms with Gasteiger partial charge in [0.1, 0.15) is 6.61 Å². The number of allylic oxidation sites excluding steroid dienone is 3. The summed E-state index contributed by atoms with van der Waals surface area (Å²) in [5.41, 5.74) is 3.62. The minimum atomic E-state index is -0.589. The average Bonchev–Trinajstić information content (AvgIpc) is 3.40. The van der Waals surface area contributed by atoms with Gasteiger partial charge < -0.3 is 19.5 Å². The highest BCUT2D eigenvalue weighted by atomic mass is 32.1. The van der Waals surface area contributed by atoms with Gasteiger partial charge in [-0.3, -0.25) is 4.79 Å². The largest absolute Gasteiger partial charge is 0.465 e. The maximum Gasteiger partial charge on any atom is 0.337 e. The summed E-state index contributed by atoms with van der Waals surface area (Å²) < 4.78 is 15.6. The molecule has 1 N–H and O–H groups in total. The predicted octanol–water partition coefficient (Wildman–Crippen LogP) is 4.48. The number of carbonyl (C=O) groups is 3. The molecule has 0 fully saturated rings. The Labute approximate surface area is 208 Å². The van der Waals surface area contributed by atoms with E-state index in [0.29, 0.717) is 48.5 Å². The Morgan fingerprint density at radius 1 is 1.09 bits per heavy atom. The van der Waals surface area contributed by atoms with Crippen LogP contribution >= 0.6 is 11.3 Å². The lowest BCUT2D eigenvalue weighted by Crippen LogP contribution is -2.36. The Bertz CT molecular complexity index is 1160. The number of esters is 2. The maximum absolute atomic E-state index is 13.6. The van der Waals surface area contributed by atoms with Crippen LogP contribution in [-0.2, 0) is 23.8 Å². The van der Waals surface area contributed by atoms with Gasteiger partial charge in [0.05, 0.1) is 24.9 Å². The topological polar surface area (TPSA) is 90.9 Å². The van der Waals surface area contributed by atoms with Crippen LogP contribution in [0.4, 0.5) is 0 Å². The predicted molar refractivity (Wildman–Crippen MR) is 132 cm³/mol. The van der Waals surface area contributed by atoms with E-state index < -0.39 is 17.9 Å². The van der Waals surface area contributed by atoms with Crippen molar-refractivity contribution in [2.24, 2.45) is 0 Å². The van der Waals surface area contributed by atoms with Gasteiger partial charge in [-0.15, -0.1) is 11.3 Å². The number of nitrogens with one attached hydrogen (secondary N) is 1. The lowest BCUT2D eigenvalue weighted by molar-refractivity contribution is -0.140. The van der Waals surface area contributed by atoms with Crippen molar-refractivity contribution in [3.05, 3.63) is 80.3 Å². The number of benzene rings is 1. The summed E-state index contributed by atoms with van der Waals surface area (Å²) in [5, 5.41) is 5.37. The Morgan fingerprint density at radius 2 is 1.86 bits per heavy atom. The molecule has 0 spiro atoms. The van der Waals surface area contributed by atoms with E-state index >= 15 is 0 Å². The van der Waals surface area contributed by atoms with Crippen LogP contribution in [-0.4, -0.2) is 44.7 Å². The summed E-state index contributed by atoms with van der Waals surface area (Å²) in [6.45, 7) is 4.66. The maximum atomic E-state index is 13.6. The van der Waals surface area contributed by atoms with Crippen molar-refractivity contribution in [3.8, 4) is 0 Å². The molecule has 8 heteroatoms. The van der Waals surface area contributed by atoms with Crippen LogP contribution in [0, 0.1) is 0 Å². The first-order valence-electron chi connectivity index (χ1n) is 11.6. The molecule has 184 valence electrons. The summed E-state index contributed by atoms with van der Waals surface area (Å²) >= 11 is 1.65. The SMILES string of the molecule is CCOCCOC(=O)C1=C(C)NC2=C(C(=O)C[C@@H](c3cccs3)C2)[C@H]1c1ccc(C(=O)OC)cc1. The van der Waals surface area contributed by atoms with Crippen LogP contribution in [0.1, 0.15) is 59.3 Å². The normalized spacial score (nSPS) is 19.8. The number of rotatable bonds is 8. The Kier molecular flexibility index (Phi) is 7.83. The second kappa shape index (κ2) is 11.0. The molecule has 2 heterocycles. The molecule has 35 heavy (non-hydrogen) atoms. The zero-order chi connectivity index (χ0) is 24.9. The number of ether oxygens (including phenoxy) is 3. The number of ketones is 1. The van der Waals surface area contributed by atoms with Crippen molar-refractivity contribution < 1.29 is 28.6 Å². The molecule has 0 radical (unpaired) electrons. The van der Waals surface area contributed by atoms with Gasteiger partial charge in [-0.2, -0.15) is 0 Å². The molecule has 1 aliphatic heterocycles. The first-order valence-corrected chi connectivity index (χ1v) is 12.5. The molecule has 0 saturated heterocycles. The Balaban J connectivity index is 1.72. The van der Waals surface area contributed by atoms with E-state index in [4.69, 9.17) is 14.2 Å². The molecule has 7 nitrogen and oxygen atoms in total. The second-order valence-corrected chi connectivity index (χ2v) is 9.46. The Morgan fingerprint density at radius 3 is 2.51 bits per heavy atom. The van der Waals surface area contributed by atoms with E-state index in [1.165, 1.54) is 12.0 Å². The standard InChI is InChI=1S/C27H29NO6S/c1-4-33-11-12-34-27(31)23-16(2)28-20-14-19(22-6-5-13-35-22)15-21(29)25(20)24(23)17-7-9-18(10-8-17)26(30)32-3/h5-10,13,19,24,28H,4,11-12,14-15H2,1-3H3/t19-,24-/m0/s1. The average molecular weight is 496 g/mol. The number of hydrogen-bond donors (Lipinski definition) is 1. The van der Waals surface area contributed by atoms with Gasteiger partial charge in [-0.1, -0.05) is 18.2 Å². The molecule has 2 aromatic rings. The van der Waals surface area contributed by atoms with Crippen molar-refractivity contribution in [3.63, 3.8) is 0 Å². The fraction of sp³-hybridized carbons (Fsp3) is 0.370. The number of hydrogen-bond acceptors (Lipinski definition) is 8. The monoisotopic (exact) mass is 495 g/mol. The third kappa shape index (κ3) is 5.23. The van der Waals surface area contributed by atoms with Crippen LogP contribution < -0.4 is 5.32 Å². The van der Waals surface area contributed by atoms with E-state index in [0.717, 1.165) is 11.3 Å². The van der Waals surface area contributed by atoms with Crippen LogP contribution in [0.15, 0.2) is 64.3 Å². The molecule has 0 bridgehead atoms. The van der Waals surface area contributed by atoms with Crippen molar-refractivity contribution in [1.82, 2.24) is 5.32 Å². The van der Waals surface area contributed by atoms with Crippen molar-refractivity contribution >= 4 is 29.1 Å². The van der Waals surface area contributed by atoms with Crippen molar-refractivity contribution in [2.45, 2.75) is 38.5 Å². The van der Waals surface area contributed by atoms with Crippen molar-refractivity contribution in [1.29, 1.82) is 0 Å². The van der Waals surface area contributed by atoms with Gasteiger partial charge in [-0.25, -0.2) is 9.59 Å². The zero-order valence-electron chi connectivity index (χ0n) is 20.1. The summed E-state index contributed by atoms with van der Waals surface area (Å²) in [5.74, 6) is -1.42. The lowest BCUT2D eigenvalue weighted by Gasteiger charge is -2.36.